The van der Waals surface area contributed by atoms with Gasteiger partial charge in [0.15, 0.2) is 11.6 Å². The van der Waals surface area contributed by atoms with Crippen LogP contribution in [0, 0.1) is 0 Å². The van der Waals surface area contributed by atoms with Crippen LogP contribution in [0.25, 0.3) is 0 Å². The van der Waals surface area contributed by atoms with Crippen molar-refractivity contribution in [3.8, 4) is 0 Å². The third-order valence-corrected chi connectivity index (χ3v) is 11.7. The topological polar surface area (TPSA) is 64.6 Å². The summed E-state index contributed by atoms with van der Waals surface area (Å²) < 4.78 is 47.7. The highest BCUT2D eigenvalue weighted by Crippen LogP contribution is 2.61. The van der Waals surface area contributed by atoms with Crippen molar-refractivity contribution >= 4 is 0 Å². The Morgan fingerprint density at radius 3 is 1.24 bits per heavy atom. The minimum atomic E-state index is -0.718. The lowest BCUT2D eigenvalue weighted by molar-refractivity contribution is -0.411. The SMILES string of the molecule is CC1(C)O[C@@]2(CC[C@@](C)([C@@H]3CC[C@@H]([C@]4(C)CC[C@@]5(OC(C)(C)[C@@H]6CC[C@@]5(C)O6)O4)O3)O2)[C@@]2(C)CC[C@@H]1O2. The predicted octanol–water partition coefficient (Wildman–Crippen LogP) is 5.56. The van der Waals surface area contributed by atoms with Gasteiger partial charge >= 0.3 is 0 Å². The van der Waals surface area contributed by atoms with E-state index in [1.165, 1.54) is 0 Å². The molecule has 0 saturated carbocycles. The van der Waals surface area contributed by atoms with Gasteiger partial charge in [0.05, 0.1) is 46.8 Å². The van der Waals surface area contributed by atoms with E-state index in [1.807, 2.05) is 0 Å². The summed E-state index contributed by atoms with van der Waals surface area (Å²) in [6.45, 7) is 17.4. The molecule has 37 heavy (non-hydrogen) atoms. The van der Waals surface area contributed by atoms with Crippen molar-refractivity contribution in [1.29, 1.82) is 0 Å². The largest absolute Gasteiger partial charge is 0.369 e. The molecule has 10 atom stereocenters. The molecule has 7 fully saturated rings. The van der Waals surface area contributed by atoms with Gasteiger partial charge in [0, 0.05) is 12.8 Å². The van der Waals surface area contributed by atoms with Gasteiger partial charge in [-0.25, -0.2) is 0 Å². The highest BCUT2D eigenvalue weighted by Gasteiger charge is 2.71. The Labute approximate surface area is 222 Å². The minimum Gasteiger partial charge on any atom is -0.369 e. The molecule has 0 N–H and O–H groups in total. The van der Waals surface area contributed by atoms with Crippen LogP contribution >= 0.6 is 0 Å². The number of hydrogen-bond acceptors (Lipinski definition) is 7. The van der Waals surface area contributed by atoms with Crippen molar-refractivity contribution in [1.82, 2.24) is 0 Å². The van der Waals surface area contributed by atoms with E-state index in [4.69, 9.17) is 33.2 Å². The van der Waals surface area contributed by atoms with Gasteiger partial charge in [-0.3, -0.25) is 0 Å². The summed E-state index contributed by atoms with van der Waals surface area (Å²) >= 11 is 0. The fourth-order valence-electron chi connectivity index (χ4n) is 9.07. The molecular weight excluding hydrogens is 472 g/mol. The standard InChI is InChI=1S/C30H48O7/c1-23(2)19-11-13-27(7,32-19)29(34-23)17-15-25(5,36-29)21-9-10-22(31-21)26(6)16-18-30(37-26)28(8)14-12-20(33-28)24(3,4)35-30/h19-22H,9-18H2,1-8H3/t19-,20-,21-,22-,25-,26-,27+,28+,29+,30+/m0/s1. The van der Waals surface area contributed by atoms with Gasteiger partial charge in [0.1, 0.15) is 11.2 Å². The number of rotatable bonds is 2. The van der Waals surface area contributed by atoms with Crippen LogP contribution in [0.5, 0.6) is 0 Å². The Morgan fingerprint density at radius 2 is 0.838 bits per heavy atom. The van der Waals surface area contributed by atoms with Crippen LogP contribution in [-0.2, 0) is 33.2 Å². The van der Waals surface area contributed by atoms with Crippen molar-refractivity contribution in [2.45, 2.75) is 189 Å². The quantitative estimate of drug-likeness (QED) is 0.472. The monoisotopic (exact) mass is 520 g/mol. The molecule has 7 heteroatoms. The molecule has 7 aliphatic rings. The molecule has 7 rings (SSSR count). The summed E-state index contributed by atoms with van der Waals surface area (Å²) in [6, 6.07) is 0. The smallest absolute Gasteiger partial charge is 0.198 e. The van der Waals surface area contributed by atoms with Crippen LogP contribution < -0.4 is 0 Å². The van der Waals surface area contributed by atoms with E-state index in [0.717, 1.165) is 64.2 Å². The highest BCUT2D eigenvalue weighted by molar-refractivity contribution is 5.15. The normalized spacial score (nSPS) is 59.7. The third kappa shape index (κ3) is 3.31. The maximum Gasteiger partial charge on any atom is 0.198 e. The van der Waals surface area contributed by atoms with E-state index in [-0.39, 0.29) is 35.6 Å². The van der Waals surface area contributed by atoms with Gasteiger partial charge < -0.3 is 33.2 Å². The molecule has 0 unspecified atom stereocenters. The lowest BCUT2D eigenvalue weighted by Gasteiger charge is -2.53. The van der Waals surface area contributed by atoms with Crippen molar-refractivity contribution < 1.29 is 33.2 Å². The second kappa shape index (κ2) is 7.32. The first-order valence-corrected chi connectivity index (χ1v) is 14.9. The van der Waals surface area contributed by atoms with Gasteiger partial charge in [-0.15, -0.1) is 0 Å². The average Bonchev–Trinajstić information content (AvgIpc) is 3.58. The number of fused-ring (bicyclic) bond motifs is 6. The summed E-state index contributed by atoms with van der Waals surface area (Å²) in [5.41, 5.74) is -2.37. The van der Waals surface area contributed by atoms with Crippen molar-refractivity contribution in [3.05, 3.63) is 0 Å². The zero-order valence-electron chi connectivity index (χ0n) is 24.2. The van der Waals surface area contributed by atoms with E-state index in [0.29, 0.717) is 0 Å². The lowest BCUT2D eigenvalue weighted by Crippen LogP contribution is -2.65. The first-order valence-electron chi connectivity index (χ1n) is 14.9. The van der Waals surface area contributed by atoms with E-state index in [2.05, 4.69) is 55.4 Å². The Kier molecular flexibility index (Phi) is 5.08. The fraction of sp³-hybridized carbons (Fsp3) is 1.00. The van der Waals surface area contributed by atoms with Gasteiger partial charge in [-0.2, -0.15) is 0 Å². The molecule has 7 aliphatic heterocycles. The maximum atomic E-state index is 7.01. The molecular formula is C30H48O7. The summed E-state index contributed by atoms with van der Waals surface area (Å²) in [6.07, 6.45) is 9.60. The van der Waals surface area contributed by atoms with Gasteiger partial charge in [-0.05, 0) is 107 Å². The number of ether oxygens (including phenoxy) is 7. The molecule has 0 aliphatic carbocycles. The van der Waals surface area contributed by atoms with Crippen molar-refractivity contribution in [2.24, 2.45) is 0 Å². The molecule has 7 nitrogen and oxygen atoms in total. The molecule has 7 saturated heterocycles. The number of hydrogen-bond donors (Lipinski definition) is 0. The third-order valence-electron chi connectivity index (χ3n) is 11.7. The molecule has 0 radical (unpaired) electrons. The van der Waals surface area contributed by atoms with E-state index in [1.54, 1.807) is 0 Å². The van der Waals surface area contributed by atoms with Crippen molar-refractivity contribution in [2.75, 3.05) is 0 Å². The van der Waals surface area contributed by atoms with Crippen molar-refractivity contribution in [3.63, 3.8) is 0 Å². The summed E-state index contributed by atoms with van der Waals surface area (Å²) in [4.78, 5) is 0. The van der Waals surface area contributed by atoms with E-state index < -0.39 is 34.0 Å². The molecule has 0 amide bonds. The van der Waals surface area contributed by atoms with Crippen LogP contribution in [-0.4, -0.2) is 69.6 Å². The van der Waals surface area contributed by atoms with Crippen LogP contribution in [0.3, 0.4) is 0 Å². The Morgan fingerprint density at radius 1 is 0.432 bits per heavy atom. The minimum absolute atomic E-state index is 0.00491. The van der Waals surface area contributed by atoms with E-state index >= 15 is 0 Å². The predicted molar refractivity (Wildman–Crippen MR) is 136 cm³/mol. The van der Waals surface area contributed by atoms with E-state index in [9.17, 15) is 0 Å². The second-order valence-corrected chi connectivity index (χ2v) is 15.2. The van der Waals surface area contributed by atoms with Crippen LogP contribution in [0.4, 0.5) is 0 Å². The molecule has 0 aromatic carbocycles. The van der Waals surface area contributed by atoms with Gasteiger partial charge in [0.2, 0.25) is 0 Å². The maximum absolute atomic E-state index is 7.01. The molecule has 2 spiro atoms. The molecule has 0 aromatic rings. The van der Waals surface area contributed by atoms with Gasteiger partial charge in [-0.1, -0.05) is 0 Å². The Balaban J connectivity index is 1.09. The van der Waals surface area contributed by atoms with Crippen LogP contribution in [0.2, 0.25) is 0 Å². The Bertz CT molecular complexity index is 907. The summed E-state index contributed by atoms with van der Waals surface area (Å²) in [5, 5.41) is 0. The van der Waals surface area contributed by atoms with Gasteiger partial charge in [0.25, 0.3) is 0 Å². The fourth-order valence-corrected chi connectivity index (χ4v) is 9.07. The molecule has 210 valence electrons. The zero-order valence-corrected chi connectivity index (χ0v) is 24.2. The van der Waals surface area contributed by atoms with Crippen LogP contribution in [0.1, 0.15) is 120 Å². The Hall–Kier alpha value is -0.280. The molecule has 4 bridgehead atoms. The highest BCUT2D eigenvalue weighted by atomic mass is 16.8. The summed E-state index contributed by atoms with van der Waals surface area (Å²) in [5.74, 6) is -1.44. The molecule has 7 heterocycles. The zero-order chi connectivity index (χ0) is 26.3. The van der Waals surface area contributed by atoms with Crippen LogP contribution in [0.15, 0.2) is 0 Å². The molecule has 0 aromatic heterocycles. The average molecular weight is 521 g/mol. The summed E-state index contributed by atoms with van der Waals surface area (Å²) in [7, 11) is 0. The second-order valence-electron chi connectivity index (χ2n) is 15.2. The first-order chi connectivity index (χ1) is 17.1. The first kappa shape index (κ1) is 25.7. The lowest BCUT2D eigenvalue weighted by atomic mass is 9.87.